The summed E-state index contributed by atoms with van der Waals surface area (Å²) in [5, 5.41) is 21.2. The fraction of sp³-hybridized carbons (Fsp3) is 0.412. The number of aryl methyl sites for hydroxylation is 2. The predicted molar refractivity (Wildman–Crippen MR) is 101 cm³/mol. The van der Waals surface area contributed by atoms with Crippen LogP contribution >= 0.6 is 11.6 Å². The molecule has 1 heterocycles. The smallest absolute Gasteiger partial charge is 0.269 e. The summed E-state index contributed by atoms with van der Waals surface area (Å²) in [7, 11) is 0. The Labute approximate surface area is 156 Å². The molecule has 0 aliphatic heterocycles. The van der Waals surface area contributed by atoms with E-state index < -0.39 is 4.92 Å². The molecule has 26 heavy (non-hydrogen) atoms. The van der Waals surface area contributed by atoms with Gasteiger partial charge in [0.2, 0.25) is 0 Å². The molecule has 2 N–H and O–H groups in total. The lowest BCUT2D eigenvalue weighted by atomic mass is 10.2. The van der Waals surface area contributed by atoms with E-state index in [-0.39, 0.29) is 11.6 Å². The maximum absolute atomic E-state index is 12.4. The van der Waals surface area contributed by atoms with Crippen LogP contribution in [0, 0.1) is 17.0 Å². The third kappa shape index (κ3) is 4.95. The molecule has 0 aliphatic carbocycles. The van der Waals surface area contributed by atoms with Crippen molar-refractivity contribution in [2.45, 2.75) is 33.2 Å². The topological polar surface area (TPSA) is 102 Å². The Kier molecular flexibility index (Phi) is 6.97. The van der Waals surface area contributed by atoms with Crippen LogP contribution in [0.2, 0.25) is 5.15 Å². The number of halogens is 1. The monoisotopic (exact) mass is 379 g/mol. The molecule has 1 aromatic heterocycles. The Morgan fingerprint density at radius 3 is 2.62 bits per heavy atom. The van der Waals surface area contributed by atoms with E-state index in [2.05, 4.69) is 22.7 Å². The molecule has 0 aliphatic rings. The Bertz CT molecular complexity index is 773. The second-order valence-corrected chi connectivity index (χ2v) is 6.17. The number of nitrogens with zero attached hydrogens (tertiary/aromatic N) is 3. The normalized spacial score (nSPS) is 10.6. The zero-order valence-electron chi connectivity index (χ0n) is 14.8. The maximum atomic E-state index is 12.4. The zero-order valence-corrected chi connectivity index (χ0v) is 15.5. The minimum atomic E-state index is -0.448. The number of carbonyl (C=O) groups excluding carboxylic acids is 1. The molecule has 0 spiro atoms. The van der Waals surface area contributed by atoms with E-state index in [9.17, 15) is 14.9 Å². The molecule has 2 rings (SSSR count). The van der Waals surface area contributed by atoms with Gasteiger partial charge in [0.05, 0.1) is 16.2 Å². The van der Waals surface area contributed by atoms with Crippen molar-refractivity contribution >= 4 is 28.9 Å². The third-order valence-electron chi connectivity index (χ3n) is 3.83. The van der Waals surface area contributed by atoms with E-state index in [0.717, 1.165) is 18.5 Å². The SMILES string of the molecule is CCCCn1nc(C)c(C(=O)NCCNc2ccc([N+](=O)[O-])cc2)c1Cl. The summed E-state index contributed by atoms with van der Waals surface area (Å²) in [6.45, 7) is 5.38. The molecule has 2 aromatic rings. The van der Waals surface area contributed by atoms with Crippen molar-refractivity contribution in [1.82, 2.24) is 15.1 Å². The number of unbranched alkanes of at least 4 members (excludes halogenated alkanes) is 1. The maximum Gasteiger partial charge on any atom is 0.269 e. The van der Waals surface area contributed by atoms with Gasteiger partial charge in [-0.15, -0.1) is 0 Å². The standard InChI is InChI=1S/C17H22ClN5O3/c1-3-4-11-22-16(18)15(12(2)21-22)17(24)20-10-9-19-13-5-7-14(8-6-13)23(25)26/h5-8,19H,3-4,9-11H2,1-2H3,(H,20,24). The minimum absolute atomic E-state index is 0.0362. The highest BCUT2D eigenvalue weighted by Crippen LogP contribution is 2.20. The van der Waals surface area contributed by atoms with Crippen molar-refractivity contribution in [3.63, 3.8) is 0 Å². The molecule has 0 unspecified atom stereocenters. The molecular weight excluding hydrogens is 358 g/mol. The number of nitrogens with one attached hydrogen (secondary N) is 2. The number of rotatable bonds is 9. The van der Waals surface area contributed by atoms with Gasteiger partial charge < -0.3 is 10.6 Å². The zero-order chi connectivity index (χ0) is 19.1. The molecule has 0 fully saturated rings. The van der Waals surface area contributed by atoms with E-state index in [4.69, 9.17) is 11.6 Å². The molecule has 0 radical (unpaired) electrons. The fourth-order valence-electron chi connectivity index (χ4n) is 2.44. The molecule has 140 valence electrons. The van der Waals surface area contributed by atoms with Gasteiger partial charge in [0.1, 0.15) is 5.15 Å². The second kappa shape index (κ2) is 9.19. The summed E-state index contributed by atoms with van der Waals surface area (Å²) >= 11 is 6.28. The van der Waals surface area contributed by atoms with Crippen molar-refractivity contribution in [2.75, 3.05) is 18.4 Å². The first kappa shape index (κ1) is 19.7. The van der Waals surface area contributed by atoms with Gasteiger partial charge in [0.15, 0.2) is 0 Å². The number of nitro benzene ring substituents is 1. The van der Waals surface area contributed by atoms with Crippen LogP contribution in [-0.4, -0.2) is 33.7 Å². The van der Waals surface area contributed by atoms with Crippen LogP contribution in [0.3, 0.4) is 0 Å². The summed E-state index contributed by atoms with van der Waals surface area (Å²) in [5.74, 6) is -0.263. The Morgan fingerprint density at radius 2 is 2.00 bits per heavy atom. The lowest BCUT2D eigenvalue weighted by Gasteiger charge is -2.08. The second-order valence-electron chi connectivity index (χ2n) is 5.81. The van der Waals surface area contributed by atoms with E-state index in [1.807, 2.05) is 0 Å². The first-order valence-corrected chi connectivity index (χ1v) is 8.81. The van der Waals surface area contributed by atoms with Gasteiger partial charge in [-0.25, -0.2) is 0 Å². The molecular formula is C17H22ClN5O3. The number of hydrogen-bond acceptors (Lipinski definition) is 5. The van der Waals surface area contributed by atoms with Crippen molar-refractivity contribution in [3.8, 4) is 0 Å². The van der Waals surface area contributed by atoms with Crippen molar-refractivity contribution < 1.29 is 9.72 Å². The van der Waals surface area contributed by atoms with Gasteiger partial charge in [0, 0.05) is 37.5 Å². The Morgan fingerprint density at radius 1 is 1.31 bits per heavy atom. The van der Waals surface area contributed by atoms with E-state index >= 15 is 0 Å². The van der Waals surface area contributed by atoms with Crippen LogP contribution in [0.1, 0.15) is 35.8 Å². The largest absolute Gasteiger partial charge is 0.383 e. The van der Waals surface area contributed by atoms with E-state index in [0.29, 0.717) is 36.0 Å². The third-order valence-corrected chi connectivity index (χ3v) is 4.22. The average Bonchev–Trinajstić information content (AvgIpc) is 2.90. The minimum Gasteiger partial charge on any atom is -0.383 e. The van der Waals surface area contributed by atoms with Crippen molar-refractivity contribution in [2.24, 2.45) is 0 Å². The van der Waals surface area contributed by atoms with Gasteiger partial charge >= 0.3 is 0 Å². The van der Waals surface area contributed by atoms with Crippen LogP contribution in [0.15, 0.2) is 24.3 Å². The van der Waals surface area contributed by atoms with Gasteiger partial charge in [0.25, 0.3) is 11.6 Å². The molecule has 1 amide bonds. The highest BCUT2D eigenvalue weighted by molar-refractivity contribution is 6.33. The number of benzene rings is 1. The fourth-order valence-corrected chi connectivity index (χ4v) is 2.78. The summed E-state index contributed by atoms with van der Waals surface area (Å²) < 4.78 is 1.66. The Balaban J connectivity index is 1.85. The molecule has 9 heteroatoms. The van der Waals surface area contributed by atoms with Gasteiger partial charge in [-0.1, -0.05) is 24.9 Å². The summed E-state index contributed by atoms with van der Waals surface area (Å²) in [6.07, 6.45) is 1.96. The van der Waals surface area contributed by atoms with Crippen LogP contribution < -0.4 is 10.6 Å². The molecule has 0 saturated heterocycles. The van der Waals surface area contributed by atoms with Gasteiger partial charge in [-0.3, -0.25) is 19.6 Å². The van der Waals surface area contributed by atoms with E-state index in [1.54, 1.807) is 23.7 Å². The molecule has 0 bridgehead atoms. The van der Waals surface area contributed by atoms with Crippen LogP contribution in [-0.2, 0) is 6.54 Å². The van der Waals surface area contributed by atoms with Crippen LogP contribution in [0.4, 0.5) is 11.4 Å². The quantitative estimate of drug-likeness (QED) is 0.395. The Hall–Kier alpha value is -2.61. The lowest BCUT2D eigenvalue weighted by molar-refractivity contribution is -0.384. The number of carbonyl (C=O) groups is 1. The number of non-ortho nitro benzene ring substituents is 1. The first-order valence-electron chi connectivity index (χ1n) is 8.43. The molecule has 1 aromatic carbocycles. The summed E-state index contributed by atoms with van der Waals surface area (Å²) in [5.41, 5.74) is 1.78. The number of aromatic nitrogens is 2. The summed E-state index contributed by atoms with van der Waals surface area (Å²) in [4.78, 5) is 22.5. The molecule has 0 saturated carbocycles. The average molecular weight is 380 g/mol. The number of amides is 1. The van der Waals surface area contributed by atoms with Crippen molar-refractivity contribution in [3.05, 3.63) is 50.8 Å². The first-order chi connectivity index (χ1) is 12.4. The molecule has 0 atom stereocenters. The summed E-state index contributed by atoms with van der Waals surface area (Å²) in [6, 6.07) is 6.10. The van der Waals surface area contributed by atoms with Crippen LogP contribution in [0.5, 0.6) is 0 Å². The number of anilines is 1. The highest BCUT2D eigenvalue weighted by atomic mass is 35.5. The van der Waals surface area contributed by atoms with Gasteiger partial charge in [-0.2, -0.15) is 5.10 Å². The number of nitro groups is 1. The predicted octanol–water partition coefficient (Wildman–Crippen LogP) is 3.40. The number of hydrogen-bond donors (Lipinski definition) is 2. The highest BCUT2D eigenvalue weighted by Gasteiger charge is 2.19. The van der Waals surface area contributed by atoms with Crippen LogP contribution in [0.25, 0.3) is 0 Å². The lowest BCUT2D eigenvalue weighted by Crippen LogP contribution is -2.29. The molecule has 8 nitrogen and oxygen atoms in total. The van der Waals surface area contributed by atoms with E-state index in [1.165, 1.54) is 12.1 Å². The van der Waals surface area contributed by atoms with Gasteiger partial charge in [-0.05, 0) is 25.5 Å². The van der Waals surface area contributed by atoms with Crippen molar-refractivity contribution in [1.29, 1.82) is 0 Å².